The van der Waals surface area contributed by atoms with Crippen molar-refractivity contribution in [2.24, 2.45) is 5.41 Å². The predicted octanol–water partition coefficient (Wildman–Crippen LogP) is 1.17. The molecule has 0 unspecified atom stereocenters. The van der Waals surface area contributed by atoms with Crippen LogP contribution in [0.2, 0.25) is 0 Å². The standard InChI is InChI=1S/C12H22ClN3O2/c1-12(4-7-16(2)8-5-12)9-14-11(18)15-10(17)3-6-13/h3-9H2,1-2H3,(H2,14,15,17,18). The van der Waals surface area contributed by atoms with E-state index < -0.39 is 6.03 Å². The highest BCUT2D eigenvalue weighted by atomic mass is 35.5. The molecule has 0 atom stereocenters. The van der Waals surface area contributed by atoms with Crippen LogP contribution in [0.25, 0.3) is 0 Å². The number of hydrogen-bond acceptors (Lipinski definition) is 3. The molecule has 1 rings (SSSR count). The summed E-state index contributed by atoms with van der Waals surface area (Å²) in [6.45, 7) is 4.86. The summed E-state index contributed by atoms with van der Waals surface area (Å²) < 4.78 is 0. The van der Waals surface area contributed by atoms with Gasteiger partial charge in [-0.05, 0) is 38.4 Å². The Labute approximate surface area is 113 Å². The van der Waals surface area contributed by atoms with E-state index in [2.05, 4.69) is 29.5 Å². The molecule has 1 heterocycles. The average Bonchev–Trinajstić information content (AvgIpc) is 2.31. The van der Waals surface area contributed by atoms with E-state index in [0.29, 0.717) is 6.54 Å². The van der Waals surface area contributed by atoms with Gasteiger partial charge in [-0.2, -0.15) is 0 Å². The highest BCUT2D eigenvalue weighted by Crippen LogP contribution is 2.29. The fourth-order valence-electron chi connectivity index (χ4n) is 1.95. The summed E-state index contributed by atoms with van der Waals surface area (Å²) >= 11 is 5.42. The number of amides is 3. The average molecular weight is 276 g/mol. The number of carbonyl (C=O) groups excluding carboxylic acids is 2. The normalized spacial score (nSPS) is 19.3. The van der Waals surface area contributed by atoms with Crippen molar-refractivity contribution in [2.45, 2.75) is 26.2 Å². The molecule has 0 bridgehead atoms. The number of urea groups is 1. The van der Waals surface area contributed by atoms with Crippen LogP contribution >= 0.6 is 11.6 Å². The number of carbonyl (C=O) groups is 2. The molecule has 1 aliphatic heterocycles. The number of nitrogens with zero attached hydrogens (tertiary/aromatic N) is 1. The number of piperidine rings is 1. The van der Waals surface area contributed by atoms with E-state index >= 15 is 0 Å². The zero-order chi connectivity index (χ0) is 13.6. The number of imide groups is 1. The Hall–Kier alpha value is -0.810. The van der Waals surface area contributed by atoms with Crippen molar-refractivity contribution in [3.8, 4) is 0 Å². The summed E-state index contributed by atoms with van der Waals surface area (Å²) in [4.78, 5) is 24.9. The molecule has 6 heteroatoms. The minimum atomic E-state index is -0.426. The van der Waals surface area contributed by atoms with Gasteiger partial charge in [0.1, 0.15) is 0 Å². The molecule has 1 aliphatic rings. The summed E-state index contributed by atoms with van der Waals surface area (Å²) in [6.07, 6.45) is 2.27. The van der Waals surface area contributed by atoms with Crippen molar-refractivity contribution in [1.82, 2.24) is 15.5 Å². The van der Waals surface area contributed by atoms with Gasteiger partial charge in [-0.15, -0.1) is 11.6 Å². The van der Waals surface area contributed by atoms with Gasteiger partial charge in [0, 0.05) is 18.8 Å². The van der Waals surface area contributed by atoms with Crippen molar-refractivity contribution in [3.63, 3.8) is 0 Å². The summed E-state index contributed by atoms with van der Waals surface area (Å²) in [7, 11) is 2.10. The Morgan fingerprint density at radius 3 is 2.50 bits per heavy atom. The molecule has 0 spiro atoms. The number of hydrogen-bond donors (Lipinski definition) is 2. The first-order valence-electron chi connectivity index (χ1n) is 6.27. The minimum absolute atomic E-state index is 0.124. The summed E-state index contributed by atoms with van der Waals surface area (Å²) in [5.74, 6) is -0.112. The van der Waals surface area contributed by atoms with Crippen molar-refractivity contribution < 1.29 is 9.59 Å². The van der Waals surface area contributed by atoms with Gasteiger partial charge in [-0.25, -0.2) is 4.79 Å². The van der Waals surface area contributed by atoms with Crippen LogP contribution in [0.1, 0.15) is 26.2 Å². The van der Waals surface area contributed by atoms with Gasteiger partial charge in [0.15, 0.2) is 0 Å². The third kappa shape index (κ3) is 5.23. The number of halogens is 1. The van der Waals surface area contributed by atoms with Crippen LogP contribution in [0.15, 0.2) is 0 Å². The second kappa shape index (κ2) is 6.95. The largest absolute Gasteiger partial charge is 0.337 e. The summed E-state index contributed by atoms with van der Waals surface area (Å²) in [6, 6.07) is -0.426. The van der Waals surface area contributed by atoms with Gasteiger partial charge in [-0.1, -0.05) is 6.92 Å². The summed E-state index contributed by atoms with van der Waals surface area (Å²) in [5.41, 5.74) is 0.124. The molecule has 1 fully saturated rings. The zero-order valence-electron chi connectivity index (χ0n) is 11.1. The summed E-state index contributed by atoms with van der Waals surface area (Å²) in [5, 5.41) is 5.03. The number of likely N-dealkylation sites (tertiary alicyclic amines) is 1. The molecule has 0 aliphatic carbocycles. The number of alkyl halides is 1. The highest BCUT2D eigenvalue weighted by molar-refractivity contribution is 6.19. The van der Waals surface area contributed by atoms with Crippen molar-refractivity contribution >= 4 is 23.5 Å². The quantitative estimate of drug-likeness (QED) is 0.757. The SMILES string of the molecule is CN1CCC(C)(CNC(=O)NC(=O)CCCl)CC1. The molecule has 18 heavy (non-hydrogen) atoms. The van der Waals surface area contributed by atoms with Crippen molar-refractivity contribution in [2.75, 3.05) is 32.6 Å². The van der Waals surface area contributed by atoms with Crippen LogP contribution in [0.4, 0.5) is 4.79 Å². The maximum atomic E-state index is 11.5. The smallest absolute Gasteiger partial charge is 0.321 e. The van der Waals surface area contributed by atoms with E-state index in [9.17, 15) is 9.59 Å². The molecule has 0 aromatic carbocycles. The van der Waals surface area contributed by atoms with E-state index in [0.717, 1.165) is 25.9 Å². The molecular formula is C12H22ClN3O2. The molecule has 0 radical (unpaired) electrons. The molecular weight excluding hydrogens is 254 g/mol. The first-order valence-corrected chi connectivity index (χ1v) is 6.81. The van der Waals surface area contributed by atoms with Gasteiger partial charge in [-0.3, -0.25) is 10.1 Å². The molecule has 0 aromatic rings. The van der Waals surface area contributed by atoms with E-state index in [1.54, 1.807) is 0 Å². The monoisotopic (exact) mass is 275 g/mol. The lowest BCUT2D eigenvalue weighted by Crippen LogP contribution is -2.47. The second-order valence-electron chi connectivity index (χ2n) is 5.28. The van der Waals surface area contributed by atoms with Gasteiger partial charge in [0.2, 0.25) is 5.91 Å². The van der Waals surface area contributed by atoms with E-state index in [1.807, 2.05) is 0 Å². The number of nitrogens with one attached hydrogen (secondary N) is 2. The predicted molar refractivity (Wildman–Crippen MR) is 71.7 cm³/mol. The van der Waals surface area contributed by atoms with Crippen LogP contribution in [0, 0.1) is 5.41 Å². The van der Waals surface area contributed by atoms with E-state index in [-0.39, 0.29) is 23.6 Å². The molecule has 3 amide bonds. The van der Waals surface area contributed by atoms with Gasteiger partial charge in [0.25, 0.3) is 0 Å². The molecule has 0 aromatic heterocycles. The second-order valence-corrected chi connectivity index (χ2v) is 5.66. The minimum Gasteiger partial charge on any atom is -0.337 e. The Morgan fingerprint density at radius 2 is 1.94 bits per heavy atom. The van der Waals surface area contributed by atoms with Gasteiger partial charge in [0.05, 0.1) is 0 Å². The Morgan fingerprint density at radius 1 is 1.33 bits per heavy atom. The lowest BCUT2D eigenvalue weighted by atomic mass is 9.80. The number of rotatable bonds is 4. The van der Waals surface area contributed by atoms with Crippen LogP contribution in [0.5, 0.6) is 0 Å². The van der Waals surface area contributed by atoms with Crippen LogP contribution in [-0.4, -0.2) is 49.4 Å². The highest BCUT2D eigenvalue weighted by Gasteiger charge is 2.29. The Bertz CT molecular complexity index is 302. The van der Waals surface area contributed by atoms with Crippen LogP contribution in [0.3, 0.4) is 0 Å². The van der Waals surface area contributed by atoms with E-state index in [4.69, 9.17) is 11.6 Å². The fourth-order valence-corrected chi connectivity index (χ4v) is 2.12. The van der Waals surface area contributed by atoms with Gasteiger partial charge >= 0.3 is 6.03 Å². The molecule has 1 saturated heterocycles. The Balaban J connectivity index is 2.27. The van der Waals surface area contributed by atoms with Crippen LogP contribution < -0.4 is 10.6 Å². The molecule has 0 saturated carbocycles. The first-order chi connectivity index (χ1) is 8.45. The lowest BCUT2D eigenvalue weighted by molar-refractivity contribution is -0.119. The fraction of sp³-hybridized carbons (Fsp3) is 0.833. The maximum Gasteiger partial charge on any atom is 0.321 e. The maximum absolute atomic E-state index is 11.5. The van der Waals surface area contributed by atoms with Crippen LogP contribution in [-0.2, 0) is 4.79 Å². The lowest BCUT2D eigenvalue weighted by Gasteiger charge is -2.37. The third-order valence-corrected chi connectivity index (χ3v) is 3.63. The molecule has 5 nitrogen and oxygen atoms in total. The van der Waals surface area contributed by atoms with Crippen molar-refractivity contribution in [3.05, 3.63) is 0 Å². The topological polar surface area (TPSA) is 61.4 Å². The Kier molecular flexibility index (Phi) is 5.88. The first kappa shape index (κ1) is 15.2. The van der Waals surface area contributed by atoms with E-state index in [1.165, 1.54) is 0 Å². The van der Waals surface area contributed by atoms with Gasteiger partial charge < -0.3 is 10.2 Å². The zero-order valence-corrected chi connectivity index (χ0v) is 11.8. The third-order valence-electron chi connectivity index (χ3n) is 3.44. The molecule has 104 valence electrons. The van der Waals surface area contributed by atoms with Crippen molar-refractivity contribution in [1.29, 1.82) is 0 Å². The molecule has 2 N–H and O–H groups in total.